The molecule has 26 heavy (non-hydrogen) atoms. The number of rotatable bonds is 3. The number of phenolic OH excluding ortho intramolecular Hbond substituents is 2. The molecule has 0 saturated carbocycles. The first kappa shape index (κ1) is 19.9. The van der Waals surface area contributed by atoms with E-state index < -0.39 is 0 Å². The summed E-state index contributed by atoms with van der Waals surface area (Å²) < 4.78 is 5.20. The zero-order valence-corrected chi connectivity index (χ0v) is 16.8. The monoisotopic (exact) mass is 354 g/mol. The van der Waals surface area contributed by atoms with Gasteiger partial charge in [-0.15, -0.1) is 0 Å². The van der Waals surface area contributed by atoms with Gasteiger partial charge >= 0.3 is 0 Å². The molecule has 0 unspecified atom stereocenters. The first-order valence-electron chi connectivity index (χ1n) is 8.86. The van der Waals surface area contributed by atoms with Gasteiger partial charge in [0.05, 0.1) is 7.11 Å². The van der Waals surface area contributed by atoms with Crippen molar-refractivity contribution in [2.24, 2.45) is 0 Å². The molecule has 0 atom stereocenters. The van der Waals surface area contributed by atoms with Crippen LogP contribution in [-0.2, 0) is 10.8 Å². The molecule has 0 fully saturated rings. The molecule has 0 saturated heterocycles. The largest absolute Gasteiger partial charge is 0.508 e. The van der Waals surface area contributed by atoms with Crippen LogP contribution in [0.15, 0.2) is 30.3 Å². The molecule has 0 aliphatic carbocycles. The maximum absolute atomic E-state index is 10.8. The maximum Gasteiger partial charge on any atom is 0.123 e. The Morgan fingerprint density at radius 2 is 1.19 bits per heavy atom. The topological polar surface area (TPSA) is 49.7 Å². The lowest BCUT2D eigenvalue weighted by Crippen LogP contribution is -2.17. The van der Waals surface area contributed by atoms with Crippen LogP contribution in [0.1, 0.15) is 63.8 Å². The van der Waals surface area contributed by atoms with Gasteiger partial charge in [-0.25, -0.2) is 0 Å². The van der Waals surface area contributed by atoms with Crippen molar-refractivity contribution < 1.29 is 14.9 Å². The van der Waals surface area contributed by atoms with E-state index in [9.17, 15) is 10.2 Å². The van der Waals surface area contributed by atoms with Crippen LogP contribution in [0.3, 0.4) is 0 Å². The zero-order valence-electron chi connectivity index (χ0n) is 16.8. The van der Waals surface area contributed by atoms with Crippen LogP contribution in [0.2, 0.25) is 0 Å². The molecule has 0 amide bonds. The van der Waals surface area contributed by atoms with Gasteiger partial charge in [0.2, 0.25) is 0 Å². The van der Waals surface area contributed by atoms with Gasteiger partial charge in [0, 0.05) is 17.2 Å². The predicted octanol–water partition coefficient (Wildman–Crippen LogP) is 5.87. The second-order valence-corrected chi connectivity index (χ2v) is 8.76. The molecule has 0 aromatic heterocycles. The minimum atomic E-state index is -0.165. The number of aromatic hydroxyl groups is 2. The highest BCUT2D eigenvalue weighted by atomic mass is 16.5. The van der Waals surface area contributed by atoms with Crippen molar-refractivity contribution in [1.29, 1.82) is 0 Å². The third-order valence-corrected chi connectivity index (χ3v) is 4.37. The Kier molecular flexibility index (Phi) is 5.41. The second kappa shape index (κ2) is 7.06. The molecule has 0 heterocycles. The quantitative estimate of drug-likeness (QED) is 0.678. The number of phenols is 2. The Hall–Kier alpha value is -2.42. The fourth-order valence-electron chi connectivity index (χ4n) is 2.91. The van der Waals surface area contributed by atoms with Crippen LogP contribution in [0, 0.1) is 0 Å². The molecule has 3 heteroatoms. The molecule has 3 nitrogen and oxygen atoms in total. The van der Waals surface area contributed by atoms with Gasteiger partial charge in [0.25, 0.3) is 0 Å². The average Bonchev–Trinajstić information content (AvgIpc) is 2.51. The van der Waals surface area contributed by atoms with Gasteiger partial charge in [0.15, 0.2) is 0 Å². The van der Waals surface area contributed by atoms with Gasteiger partial charge in [-0.3, -0.25) is 0 Å². The lowest BCUT2D eigenvalue weighted by Gasteiger charge is -2.27. The van der Waals surface area contributed by atoms with Crippen LogP contribution in [0.5, 0.6) is 17.2 Å². The number of methoxy groups -OCH3 is 1. The lowest BCUT2D eigenvalue weighted by atomic mass is 9.78. The molecule has 0 radical (unpaired) electrons. The SMILES string of the molecule is COc1cc(O)cc(/C=C/c2cc(C(C)(C)C)c(O)c(C(C)(C)C)c2)c1. The summed E-state index contributed by atoms with van der Waals surface area (Å²) in [5.41, 5.74) is 3.39. The van der Waals surface area contributed by atoms with Crippen molar-refractivity contribution in [2.45, 2.75) is 52.4 Å². The van der Waals surface area contributed by atoms with E-state index in [1.165, 1.54) is 0 Å². The smallest absolute Gasteiger partial charge is 0.123 e. The number of hydrogen-bond acceptors (Lipinski definition) is 3. The molecule has 2 aromatic rings. The van der Waals surface area contributed by atoms with E-state index in [-0.39, 0.29) is 16.6 Å². The Morgan fingerprint density at radius 1 is 0.731 bits per heavy atom. The van der Waals surface area contributed by atoms with Crippen LogP contribution in [-0.4, -0.2) is 17.3 Å². The summed E-state index contributed by atoms with van der Waals surface area (Å²) in [6.45, 7) is 12.6. The van der Waals surface area contributed by atoms with E-state index in [1.807, 2.05) is 30.4 Å². The van der Waals surface area contributed by atoms with E-state index >= 15 is 0 Å². The van der Waals surface area contributed by atoms with Crippen molar-refractivity contribution in [3.05, 3.63) is 52.6 Å². The van der Waals surface area contributed by atoms with Crippen LogP contribution < -0.4 is 4.74 Å². The first-order chi connectivity index (χ1) is 11.9. The van der Waals surface area contributed by atoms with Gasteiger partial charge in [0.1, 0.15) is 17.2 Å². The summed E-state index contributed by atoms with van der Waals surface area (Å²) in [5.74, 6) is 1.16. The van der Waals surface area contributed by atoms with E-state index in [0.717, 1.165) is 22.3 Å². The summed E-state index contributed by atoms with van der Waals surface area (Å²) in [4.78, 5) is 0. The normalized spacial score (nSPS) is 12.6. The third kappa shape index (κ3) is 4.60. The second-order valence-electron chi connectivity index (χ2n) is 8.76. The Labute approximate surface area is 157 Å². The van der Waals surface area contributed by atoms with Gasteiger partial charge < -0.3 is 14.9 Å². The van der Waals surface area contributed by atoms with Crippen molar-refractivity contribution in [2.75, 3.05) is 7.11 Å². The molecule has 0 aliphatic heterocycles. The molecule has 0 aliphatic rings. The fraction of sp³-hybridized carbons (Fsp3) is 0.391. The highest BCUT2D eigenvalue weighted by Crippen LogP contribution is 2.40. The zero-order chi connectivity index (χ0) is 19.7. The van der Waals surface area contributed by atoms with Crippen LogP contribution in [0.25, 0.3) is 12.2 Å². The van der Waals surface area contributed by atoms with Crippen molar-refractivity contribution in [1.82, 2.24) is 0 Å². The summed E-state index contributed by atoms with van der Waals surface area (Å²) in [6, 6.07) is 9.19. The average molecular weight is 354 g/mol. The summed E-state index contributed by atoms with van der Waals surface area (Å²) in [6.07, 6.45) is 3.94. The minimum Gasteiger partial charge on any atom is -0.508 e. The molecule has 2 aromatic carbocycles. The van der Waals surface area contributed by atoms with E-state index in [1.54, 1.807) is 19.2 Å². The van der Waals surface area contributed by atoms with Gasteiger partial charge in [-0.1, -0.05) is 53.7 Å². The first-order valence-corrected chi connectivity index (χ1v) is 8.86. The molecule has 2 rings (SSSR count). The summed E-state index contributed by atoms with van der Waals surface area (Å²) >= 11 is 0. The summed E-state index contributed by atoms with van der Waals surface area (Å²) in [7, 11) is 1.58. The van der Waals surface area contributed by atoms with Crippen molar-refractivity contribution in [3.8, 4) is 17.2 Å². The fourth-order valence-corrected chi connectivity index (χ4v) is 2.91. The van der Waals surface area contributed by atoms with Gasteiger partial charge in [-0.2, -0.15) is 0 Å². The predicted molar refractivity (Wildman–Crippen MR) is 109 cm³/mol. The Morgan fingerprint density at radius 3 is 1.62 bits per heavy atom. The number of benzene rings is 2. The van der Waals surface area contributed by atoms with Crippen LogP contribution in [0.4, 0.5) is 0 Å². The Balaban J connectivity index is 2.54. The lowest BCUT2D eigenvalue weighted by molar-refractivity contribution is 0.407. The van der Waals surface area contributed by atoms with E-state index in [2.05, 4.69) is 41.5 Å². The van der Waals surface area contributed by atoms with E-state index in [4.69, 9.17) is 4.74 Å². The van der Waals surface area contributed by atoms with Crippen molar-refractivity contribution in [3.63, 3.8) is 0 Å². The maximum atomic E-state index is 10.8. The van der Waals surface area contributed by atoms with Crippen molar-refractivity contribution >= 4 is 12.2 Å². The number of ether oxygens (including phenoxy) is 1. The molecule has 140 valence electrons. The Bertz CT molecular complexity index is 783. The van der Waals surface area contributed by atoms with E-state index in [0.29, 0.717) is 11.5 Å². The van der Waals surface area contributed by atoms with Gasteiger partial charge in [-0.05, 0) is 46.2 Å². The standard InChI is InChI=1S/C23H30O3/c1-22(2,3)19-12-16(13-20(21(19)25)23(4,5)6)9-8-15-10-17(24)14-18(11-15)26-7/h8-14,24-25H,1-7H3/b9-8+. The molecule has 0 spiro atoms. The molecule has 0 bridgehead atoms. The third-order valence-electron chi connectivity index (χ3n) is 4.37. The number of hydrogen-bond donors (Lipinski definition) is 2. The highest BCUT2D eigenvalue weighted by Gasteiger charge is 2.26. The highest BCUT2D eigenvalue weighted by molar-refractivity contribution is 5.72. The minimum absolute atomic E-state index is 0.165. The molecular weight excluding hydrogens is 324 g/mol. The molecular formula is C23H30O3. The molecule has 2 N–H and O–H groups in total. The summed E-state index contributed by atoms with van der Waals surface area (Å²) in [5, 5.41) is 20.6. The van der Waals surface area contributed by atoms with Crippen LogP contribution >= 0.6 is 0 Å².